The van der Waals surface area contributed by atoms with Crippen molar-refractivity contribution in [2.45, 2.75) is 39.5 Å². The van der Waals surface area contributed by atoms with Crippen LogP contribution in [-0.4, -0.2) is 29.4 Å². The molecule has 0 unspecified atom stereocenters. The summed E-state index contributed by atoms with van der Waals surface area (Å²) < 4.78 is 7.14. The number of hydrogen-bond acceptors (Lipinski definition) is 3. The molecule has 0 aliphatic carbocycles. The van der Waals surface area contributed by atoms with E-state index in [4.69, 9.17) is 21.3 Å². The van der Waals surface area contributed by atoms with Crippen LogP contribution in [0.1, 0.15) is 54.2 Å². The third-order valence-electron chi connectivity index (χ3n) is 5.26. The first-order valence-corrected chi connectivity index (χ1v) is 9.91. The molecule has 0 aliphatic heterocycles. The lowest BCUT2D eigenvalue weighted by Gasteiger charge is -2.15. The number of ether oxygens (including phenoxy) is 1. The quantitative estimate of drug-likeness (QED) is 0.617. The fourth-order valence-corrected chi connectivity index (χ4v) is 3.92. The van der Waals surface area contributed by atoms with Gasteiger partial charge in [0.1, 0.15) is 22.8 Å². The molecule has 2 heterocycles. The van der Waals surface area contributed by atoms with Gasteiger partial charge in [-0.05, 0) is 55.0 Å². The summed E-state index contributed by atoms with van der Waals surface area (Å²) in [5.74, 6) is 0.901. The Kier molecular flexibility index (Phi) is 5.94. The molecule has 3 aromatic rings. The number of nitrogens with zero attached hydrogens (tertiary/aromatic N) is 2. The SMILES string of the molecule is CCC(CC)c1cc(C)c2nc(-c3ccc(OC)cc3Cl)c(C(=O)NC)n2c1. The van der Waals surface area contributed by atoms with E-state index < -0.39 is 0 Å². The Bertz CT molecular complexity index is 1020. The van der Waals surface area contributed by atoms with Gasteiger partial charge in [-0.2, -0.15) is 0 Å². The van der Waals surface area contributed by atoms with Gasteiger partial charge in [0.05, 0.1) is 12.1 Å². The number of nitrogens with one attached hydrogen (secondary N) is 1. The van der Waals surface area contributed by atoms with E-state index in [1.807, 2.05) is 29.7 Å². The van der Waals surface area contributed by atoms with Crippen molar-refractivity contribution in [2.24, 2.45) is 0 Å². The minimum absolute atomic E-state index is 0.199. The molecule has 0 radical (unpaired) electrons. The zero-order chi connectivity index (χ0) is 20.4. The van der Waals surface area contributed by atoms with Gasteiger partial charge in [-0.15, -0.1) is 0 Å². The zero-order valence-electron chi connectivity index (χ0n) is 17.0. The fourth-order valence-electron chi connectivity index (χ4n) is 3.66. The molecule has 0 bridgehead atoms. The summed E-state index contributed by atoms with van der Waals surface area (Å²) in [5, 5.41) is 3.23. The minimum atomic E-state index is -0.199. The molecule has 0 spiro atoms. The van der Waals surface area contributed by atoms with Gasteiger partial charge in [0, 0.05) is 18.8 Å². The summed E-state index contributed by atoms with van der Waals surface area (Å²) in [6.45, 7) is 6.40. The van der Waals surface area contributed by atoms with Crippen molar-refractivity contribution in [3.8, 4) is 17.0 Å². The summed E-state index contributed by atoms with van der Waals surface area (Å²) in [5.41, 5.74) is 4.76. The Balaban J connectivity index is 2.32. The number of amides is 1. The van der Waals surface area contributed by atoms with Crippen molar-refractivity contribution in [3.63, 3.8) is 0 Å². The lowest BCUT2D eigenvalue weighted by molar-refractivity contribution is 0.0958. The Hall–Kier alpha value is -2.53. The predicted octanol–water partition coefficient (Wildman–Crippen LogP) is 5.23. The highest BCUT2D eigenvalue weighted by molar-refractivity contribution is 6.33. The molecule has 0 saturated carbocycles. The van der Waals surface area contributed by atoms with E-state index in [0.717, 1.165) is 24.1 Å². The Morgan fingerprint density at radius 2 is 2.00 bits per heavy atom. The number of carbonyl (C=O) groups excluding carboxylic acids is 1. The molecule has 148 valence electrons. The molecule has 5 nitrogen and oxygen atoms in total. The number of aromatic nitrogens is 2. The van der Waals surface area contributed by atoms with Gasteiger partial charge in [0.15, 0.2) is 0 Å². The molecule has 28 heavy (non-hydrogen) atoms. The third-order valence-corrected chi connectivity index (χ3v) is 5.57. The van der Waals surface area contributed by atoms with E-state index in [-0.39, 0.29) is 5.91 Å². The maximum atomic E-state index is 12.8. The lowest BCUT2D eigenvalue weighted by Crippen LogP contribution is -2.21. The van der Waals surface area contributed by atoms with Gasteiger partial charge in [-0.3, -0.25) is 9.20 Å². The first-order chi connectivity index (χ1) is 13.4. The van der Waals surface area contributed by atoms with Crippen LogP contribution in [0.5, 0.6) is 5.75 Å². The first-order valence-electron chi connectivity index (χ1n) is 9.53. The van der Waals surface area contributed by atoms with Crippen LogP contribution in [0, 0.1) is 6.92 Å². The molecule has 6 heteroatoms. The maximum absolute atomic E-state index is 12.8. The summed E-state index contributed by atoms with van der Waals surface area (Å²) in [4.78, 5) is 17.6. The first kappa shape index (κ1) is 20.2. The van der Waals surface area contributed by atoms with Gasteiger partial charge >= 0.3 is 0 Å². The number of pyridine rings is 1. The molecule has 3 rings (SSSR count). The van der Waals surface area contributed by atoms with Crippen LogP contribution in [0.15, 0.2) is 30.5 Å². The Labute approximate surface area is 170 Å². The highest BCUT2D eigenvalue weighted by Gasteiger charge is 2.23. The minimum Gasteiger partial charge on any atom is -0.497 e. The molecule has 1 amide bonds. The van der Waals surface area contributed by atoms with E-state index in [1.165, 1.54) is 5.56 Å². The topological polar surface area (TPSA) is 55.6 Å². The number of imidazole rings is 1. The third kappa shape index (κ3) is 3.47. The molecular weight excluding hydrogens is 374 g/mol. The lowest BCUT2D eigenvalue weighted by atomic mass is 9.94. The van der Waals surface area contributed by atoms with Gasteiger partial charge in [0.2, 0.25) is 0 Å². The highest BCUT2D eigenvalue weighted by Crippen LogP contribution is 2.35. The standard InChI is InChI=1S/C22H26ClN3O2/c1-6-14(7-2)15-10-13(3)21-25-19(20(22(27)24-4)26(21)12-15)17-9-8-16(28-5)11-18(17)23/h8-12,14H,6-7H2,1-5H3,(H,24,27). The van der Waals surface area contributed by atoms with Crippen LogP contribution in [0.3, 0.4) is 0 Å². The number of methoxy groups -OCH3 is 1. The summed E-state index contributed by atoms with van der Waals surface area (Å²) >= 11 is 6.50. The molecule has 0 fully saturated rings. The number of halogens is 1. The molecule has 2 aromatic heterocycles. The van der Waals surface area contributed by atoms with Crippen LogP contribution in [0.2, 0.25) is 5.02 Å². The molecule has 0 aliphatic rings. The van der Waals surface area contributed by atoms with Crippen LogP contribution in [0.25, 0.3) is 16.9 Å². The number of rotatable bonds is 6. The van der Waals surface area contributed by atoms with E-state index in [9.17, 15) is 4.79 Å². The number of aryl methyl sites for hydroxylation is 1. The fraction of sp³-hybridized carbons (Fsp3) is 0.364. The predicted molar refractivity (Wildman–Crippen MR) is 114 cm³/mol. The van der Waals surface area contributed by atoms with Gasteiger partial charge in [-0.1, -0.05) is 31.5 Å². The number of fused-ring (bicyclic) bond motifs is 1. The number of carbonyl (C=O) groups is 1. The highest BCUT2D eigenvalue weighted by atomic mass is 35.5. The molecule has 1 N–H and O–H groups in total. The normalized spacial score (nSPS) is 11.2. The monoisotopic (exact) mass is 399 g/mol. The zero-order valence-corrected chi connectivity index (χ0v) is 17.7. The van der Waals surface area contributed by atoms with Crippen molar-refractivity contribution in [3.05, 3.63) is 52.3 Å². The van der Waals surface area contributed by atoms with Crippen LogP contribution < -0.4 is 10.1 Å². The van der Waals surface area contributed by atoms with Gasteiger partial charge in [0.25, 0.3) is 5.91 Å². The van der Waals surface area contributed by atoms with Crippen molar-refractivity contribution >= 4 is 23.2 Å². The van der Waals surface area contributed by atoms with Crippen molar-refractivity contribution in [2.75, 3.05) is 14.2 Å². The maximum Gasteiger partial charge on any atom is 0.270 e. The summed E-state index contributed by atoms with van der Waals surface area (Å²) in [6.07, 6.45) is 4.13. The van der Waals surface area contributed by atoms with Gasteiger partial charge < -0.3 is 10.1 Å². The van der Waals surface area contributed by atoms with E-state index >= 15 is 0 Å². The Morgan fingerprint density at radius 3 is 2.57 bits per heavy atom. The van der Waals surface area contributed by atoms with Crippen LogP contribution in [0.4, 0.5) is 0 Å². The molecule has 0 atom stereocenters. The van der Waals surface area contributed by atoms with Crippen LogP contribution >= 0.6 is 11.6 Å². The molecule has 0 saturated heterocycles. The number of hydrogen-bond donors (Lipinski definition) is 1. The second kappa shape index (κ2) is 8.23. The van der Waals surface area contributed by atoms with Crippen molar-refractivity contribution < 1.29 is 9.53 Å². The van der Waals surface area contributed by atoms with E-state index in [1.54, 1.807) is 20.2 Å². The Morgan fingerprint density at radius 1 is 1.29 bits per heavy atom. The van der Waals surface area contributed by atoms with E-state index in [0.29, 0.717) is 33.6 Å². The largest absolute Gasteiger partial charge is 0.497 e. The molecule has 1 aromatic carbocycles. The molecular formula is C22H26ClN3O2. The number of benzene rings is 1. The smallest absolute Gasteiger partial charge is 0.270 e. The summed E-state index contributed by atoms with van der Waals surface area (Å²) in [7, 11) is 3.22. The van der Waals surface area contributed by atoms with Crippen molar-refractivity contribution in [1.29, 1.82) is 0 Å². The summed E-state index contributed by atoms with van der Waals surface area (Å²) in [6, 6.07) is 7.57. The van der Waals surface area contributed by atoms with Crippen molar-refractivity contribution in [1.82, 2.24) is 14.7 Å². The second-order valence-corrected chi connectivity index (χ2v) is 7.30. The average molecular weight is 400 g/mol. The second-order valence-electron chi connectivity index (χ2n) is 6.90. The van der Waals surface area contributed by atoms with Gasteiger partial charge in [-0.25, -0.2) is 4.98 Å². The van der Waals surface area contributed by atoms with Crippen LogP contribution in [-0.2, 0) is 0 Å². The van der Waals surface area contributed by atoms with E-state index in [2.05, 4.69) is 25.2 Å². The average Bonchev–Trinajstić information content (AvgIpc) is 3.08.